The number of rotatable bonds is 1. The van der Waals surface area contributed by atoms with Crippen molar-refractivity contribution in [2.24, 2.45) is 0 Å². The Balaban J connectivity index is 0. The van der Waals surface area contributed by atoms with Gasteiger partial charge in [-0.3, -0.25) is 0 Å². The van der Waals surface area contributed by atoms with E-state index in [1.54, 1.807) is 0 Å². The lowest BCUT2D eigenvalue weighted by Crippen LogP contribution is -2.08. The number of nitrogens with zero attached hydrogens (tertiary/aromatic N) is 1. The van der Waals surface area contributed by atoms with E-state index in [1.807, 2.05) is 13.8 Å². The summed E-state index contributed by atoms with van der Waals surface area (Å²) in [5.74, 6) is 0. The van der Waals surface area contributed by atoms with Gasteiger partial charge in [-0.1, -0.05) is 20.8 Å². The van der Waals surface area contributed by atoms with Crippen LogP contribution in [-0.4, -0.2) is 38.8 Å². The molecule has 12 heavy (non-hydrogen) atoms. The van der Waals surface area contributed by atoms with Crippen molar-refractivity contribution < 1.29 is 4.74 Å². The third-order valence-corrected chi connectivity index (χ3v) is 1.46. The molecule has 1 heterocycles. The lowest BCUT2D eigenvalue weighted by Gasteiger charge is -2.00. The van der Waals surface area contributed by atoms with E-state index in [0.717, 1.165) is 19.8 Å². The summed E-state index contributed by atoms with van der Waals surface area (Å²) in [7, 11) is 4.11. The highest BCUT2D eigenvalue weighted by Crippen LogP contribution is 1.98. The normalized spacial score (nSPS) is 14.5. The summed E-state index contributed by atoms with van der Waals surface area (Å²) in [5.41, 5.74) is 0. The predicted molar refractivity (Wildman–Crippen MR) is 55.6 cm³/mol. The van der Waals surface area contributed by atoms with Crippen molar-refractivity contribution in [2.45, 2.75) is 33.6 Å². The first kappa shape index (κ1) is 14.4. The van der Waals surface area contributed by atoms with Crippen LogP contribution in [0, 0.1) is 0 Å². The Morgan fingerprint density at radius 3 is 1.50 bits per heavy atom. The summed E-state index contributed by atoms with van der Waals surface area (Å²) < 4.78 is 4.94. The van der Waals surface area contributed by atoms with Gasteiger partial charge in [0.15, 0.2) is 0 Å². The zero-order valence-electron chi connectivity index (χ0n) is 9.39. The van der Waals surface area contributed by atoms with Gasteiger partial charge < -0.3 is 9.64 Å². The van der Waals surface area contributed by atoms with Gasteiger partial charge in [-0.15, -0.1) is 0 Å². The first-order chi connectivity index (χ1) is 5.77. The lowest BCUT2D eigenvalue weighted by atomic mass is 10.4. The fourth-order valence-electron chi connectivity index (χ4n) is 0.510. The van der Waals surface area contributed by atoms with E-state index in [4.69, 9.17) is 4.74 Å². The number of hydrogen-bond acceptors (Lipinski definition) is 2. The topological polar surface area (TPSA) is 12.5 Å². The van der Waals surface area contributed by atoms with Gasteiger partial charge in [0.05, 0.1) is 0 Å². The van der Waals surface area contributed by atoms with Crippen LogP contribution in [0.3, 0.4) is 0 Å². The minimum absolute atomic E-state index is 1.00. The zero-order valence-corrected chi connectivity index (χ0v) is 9.39. The molecular formula is C10H25NO. The van der Waals surface area contributed by atoms with E-state index in [2.05, 4.69) is 25.9 Å². The summed E-state index contributed by atoms with van der Waals surface area (Å²) >= 11 is 0. The second kappa shape index (κ2) is 13.5. The van der Waals surface area contributed by atoms with Crippen LogP contribution in [-0.2, 0) is 4.74 Å². The number of ether oxygens (including phenoxy) is 1. The molecule has 0 bridgehead atoms. The fourth-order valence-corrected chi connectivity index (χ4v) is 0.510. The molecule has 0 aromatic rings. The van der Waals surface area contributed by atoms with E-state index in [0.29, 0.717) is 0 Å². The highest BCUT2D eigenvalue weighted by Gasteiger charge is 1.94. The monoisotopic (exact) mass is 175 g/mol. The van der Waals surface area contributed by atoms with Crippen molar-refractivity contribution in [3.63, 3.8) is 0 Å². The molecule has 0 unspecified atom stereocenters. The Morgan fingerprint density at radius 1 is 1.08 bits per heavy atom. The summed E-state index contributed by atoms with van der Waals surface area (Å²) in [5, 5.41) is 0. The second-order valence-corrected chi connectivity index (χ2v) is 2.72. The first-order valence-electron chi connectivity index (χ1n) is 5.00. The molecule has 2 nitrogen and oxygen atoms in total. The molecule has 0 atom stereocenters. The van der Waals surface area contributed by atoms with Gasteiger partial charge in [0, 0.05) is 13.2 Å². The molecular weight excluding hydrogens is 150 g/mol. The van der Waals surface area contributed by atoms with Crippen LogP contribution in [0.2, 0.25) is 0 Å². The van der Waals surface area contributed by atoms with E-state index in [9.17, 15) is 0 Å². The quantitative estimate of drug-likeness (QED) is 0.607. The summed E-state index contributed by atoms with van der Waals surface area (Å²) in [4.78, 5) is 2.12. The maximum Gasteiger partial charge on any atom is 0.0466 e. The minimum atomic E-state index is 1.00. The lowest BCUT2D eigenvalue weighted by molar-refractivity contribution is 0.198. The van der Waals surface area contributed by atoms with Crippen molar-refractivity contribution in [1.29, 1.82) is 0 Å². The average molecular weight is 175 g/mol. The van der Waals surface area contributed by atoms with E-state index in [-0.39, 0.29) is 0 Å². The van der Waals surface area contributed by atoms with Gasteiger partial charge in [-0.2, -0.15) is 0 Å². The van der Waals surface area contributed by atoms with Gasteiger partial charge in [-0.25, -0.2) is 0 Å². The third kappa shape index (κ3) is 16.5. The van der Waals surface area contributed by atoms with Crippen molar-refractivity contribution in [3.05, 3.63) is 0 Å². The van der Waals surface area contributed by atoms with Crippen molar-refractivity contribution in [1.82, 2.24) is 4.90 Å². The van der Waals surface area contributed by atoms with Crippen LogP contribution in [0.1, 0.15) is 33.6 Å². The molecule has 1 rings (SSSR count). The first-order valence-corrected chi connectivity index (χ1v) is 5.00. The van der Waals surface area contributed by atoms with Gasteiger partial charge in [0.1, 0.15) is 0 Å². The van der Waals surface area contributed by atoms with Crippen molar-refractivity contribution in [3.8, 4) is 0 Å². The molecule has 1 aliphatic heterocycles. The van der Waals surface area contributed by atoms with Gasteiger partial charge in [0.25, 0.3) is 0 Å². The van der Waals surface area contributed by atoms with Crippen LogP contribution in [0.25, 0.3) is 0 Å². The highest BCUT2D eigenvalue weighted by atomic mass is 16.5. The Labute approximate surface area is 77.9 Å². The summed E-state index contributed by atoms with van der Waals surface area (Å²) in [6, 6.07) is 0. The Morgan fingerprint density at radius 2 is 1.42 bits per heavy atom. The van der Waals surface area contributed by atoms with E-state index in [1.165, 1.54) is 12.8 Å². The third-order valence-electron chi connectivity index (χ3n) is 1.46. The minimum Gasteiger partial charge on any atom is -0.381 e. The Bertz CT molecular complexity index is 53.2. The maximum atomic E-state index is 4.94. The predicted octanol–water partition coefficient (Wildman–Crippen LogP) is 2.39. The van der Waals surface area contributed by atoms with Gasteiger partial charge in [-0.05, 0) is 33.5 Å². The molecule has 1 fully saturated rings. The molecule has 0 aromatic carbocycles. The molecule has 0 saturated carbocycles. The molecule has 1 aliphatic rings. The molecule has 1 saturated heterocycles. The van der Waals surface area contributed by atoms with Crippen LogP contribution < -0.4 is 0 Å². The van der Waals surface area contributed by atoms with Crippen LogP contribution in [0.4, 0.5) is 0 Å². The molecule has 0 spiro atoms. The Hall–Kier alpha value is -0.0800. The largest absolute Gasteiger partial charge is 0.381 e. The molecule has 2 heteroatoms. The van der Waals surface area contributed by atoms with Crippen LogP contribution in [0.15, 0.2) is 0 Å². The van der Waals surface area contributed by atoms with Gasteiger partial charge >= 0.3 is 0 Å². The molecule has 0 N–H and O–H groups in total. The molecule has 0 amide bonds. The fraction of sp³-hybridized carbons (Fsp3) is 1.00. The molecule has 0 aromatic heterocycles. The molecule has 0 radical (unpaired) electrons. The van der Waals surface area contributed by atoms with E-state index < -0.39 is 0 Å². The summed E-state index contributed by atoms with van der Waals surface area (Å²) in [6.45, 7) is 9.26. The summed E-state index contributed by atoms with van der Waals surface area (Å²) in [6.07, 6.45) is 2.56. The van der Waals surface area contributed by atoms with E-state index >= 15 is 0 Å². The van der Waals surface area contributed by atoms with Gasteiger partial charge in [0.2, 0.25) is 0 Å². The molecule has 0 aliphatic carbocycles. The second-order valence-electron chi connectivity index (χ2n) is 2.72. The highest BCUT2D eigenvalue weighted by molar-refractivity contribution is 4.43. The number of hydrogen-bond donors (Lipinski definition) is 0. The van der Waals surface area contributed by atoms with Crippen molar-refractivity contribution >= 4 is 0 Å². The SMILES string of the molecule is C1CCOC1.CC.CCN(C)C. The zero-order chi connectivity index (χ0) is 9.82. The average Bonchev–Trinajstić information content (AvgIpc) is 2.65. The van der Waals surface area contributed by atoms with Crippen LogP contribution in [0.5, 0.6) is 0 Å². The van der Waals surface area contributed by atoms with Crippen LogP contribution >= 0.6 is 0 Å². The standard InChI is InChI=1S/C4H11N.C4H8O.C2H6/c1-4-5(2)3;1-2-4-5-3-1;1-2/h4H2,1-3H3;1-4H2;1-2H3. The van der Waals surface area contributed by atoms with Crippen molar-refractivity contribution in [2.75, 3.05) is 33.9 Å². The maximum absolute atomic E-state index is 4.94. The Kier molecular flexibility index (Phi) is 16.3. The smallest absolute Gasteiger partial charge is 0.0466 e. The molecule has 76 valence electrons.